The Hall–Kier alpha value is -1.44. The summed E-state index contributed by atoms with van der Waals surface area (Å²) in [5.74, 6) is 0.909. The fraction of sp³-hybridized carbons (Fsp3) is 0.714. The zero-order valence-electron chi connectivity index (χ0n) is 12.6. The molecule has 1 aromatic heterocycles. The standard InChI is InChI=1S/C14H23N5O2/c1-18(2)5-6-19-4-3-12(17-19)16-13(20)14-9-15-7-11(14)8-21-10-14/h3-4,11,15H,5-10H2,1-2H3,(H,16,17,20)/t11-,14-/m0/s1. The highest BCUT2D eigenvalue weighted by molar-refractivity contribution is 5.95. The van der Waals surface area contributed by atoms with E-state index < -0.39 is 5.41 Å². The van der Waals surface area contributed by atoms with Crippen molar-refractivity contribution in [3.63, 3.8) is 0 Å². The summed E-state index contributed by atoms with van der Waals surface area (Å²) in [6, 6.07) is 1.84. The number of fused-ring (bicyclic) bond motifs is 1. The van der Waals surface area contributed by atoms with Crippen molar-refractivity contribution < 1.29 is 9.53 Å². The van der Waals surface area contributed by atoms with Crippen LogP contribution in [-0.2, 0) is 16.1 Å². The van der Waals surface area contributed by atoms with E-state index in [-0.39, 0.29) is 11.8 Å². The number of ether oxygens (including phenoxy) is 1. The zero-order valence-corrected chi connectivity index (χ0v) is 12.6. The quantitative estimate of drug-likeness (QED) is 0.774. The van der Waals surface area contributed by atoms with E-state index in [2.05, 4.69) is 20.6 Å². The van der Waals surface area contributed by atoms with Gasteiger partial charge < -0.3 is 20.3 Å². The molecule has 3 rings (SSSR count). The topological polar surface area (TPSA) is 71.4 Å². The molecule has 0 aliphatic carbocycles. The number of nitrogens with one attached hydrogen (secondary N) is 2. The van der Waals surface area contributed by atoms with Crippen LogP contribution < -0.4 is 10.6 Å². The minimum absolute atomic E-state index is 0.0212. The molecule has 2 saturated heterocycles. The van der Waals surface area contributed by atoms with E-state index in [0.29, 0.717) is 25.6 Å². The molecule has 2 N–H and O–H groups in total. The van der Waals surface area contributed by atoms with Gasteiger partial charge in [-0.05, 0) is 14.1 Å². The molecule has 0 saturated carbocycles. The van der Waals surface area contributed by atoms with Crippen molar-refractivity contribution in [3.8, 4) is 0 Å². The maximum Gasteiger partial charge on any atom is 0.235 e. The van der Waals surface area contributed by atoms with E-state index in [1.807, 2.05) is 31.0 Å². The molecule has 0 unspecified atom stereocenters. The average molecular weight is 293 g/mol. The van der Waals surface area contributed by atoms with Gasteiger partial charge in [0.2, 0.25) is 5.91 Å². The third kappa shape index (κ3) is 2.81. The molecule has 2 aliphatic rings. The summed E-state index contributed by atoms with van der Waals surface area (Å²) in [7, 11) is 4.05. The molecule has 0 spiro atoms. The Balaban J connectivity index is 1.62. The van der Waals surface area contributed by atoms with Crippen molar-refractivity contribution in [1.29, 1.82) is 0 Å². The van der Waals surface area contributed by atoms with Gasteiger partial charge >= 0.3 is 0 Å². The largest absolute Gasteiger partial charge is 0.380 e. The van der Waals surface area contributed by atoms with Gasteiger partial charge in [0.05, 0.1) is 25.2 Å². The second kappa shape index (κ2) is 5.75. The first-order valence-corrected chi connectivity index (χ1v) is 7.38. The molecular weight excluding hydrogens is 270 g/mol. The summed E-state index contributed by atoms with van der Waals surface area (Å²) in [5, 5.41) is 10.6. The first-order chi connectivity index (χ1) is 10.1. The van der Waals surface area contributed by atoms with Gasteiger partial charge in [-0.25, -0.2) is 0 Å². The predicted molar refractivity (Wildman–Crippen MR) is 79.0 cm³/mol. The van der Waals surface area contributed by atoms with Crippen molar-refractivity contribution in [2.75, 3.05) is 52.3 Å². The van der Waals surface area contributed by atoms with Crippen molar-refractivity contribution in [3.05, 3.63) is 12.3 Å². The molecule has 116 valence electrons. The van der Waals surface area contributed by atoms with Gasteiger partial charge in [-0.3, -0.25) is 9.48 Å². The maximum atomic E-state index is 12.6. The Bertz CT molecular complexity index is 503. The van der Waals surface area contributed by atoms with E-state index in [1.165, 1.54) is 0 Å². The normalized spacial score (nSPS) is 28.0. The molecule has 0 aromatic carbocycles. The number of hydrogen-bond acceptors (Lipinski definition) is 5. The molecule has 2 atom stereocenters. The molecule has 7 nitrogen and oxygen atoms in total. The lowest BCUT2D eigenvalue weighted by Gasteiger charge is -2.24. The van der Waals surface area contributed by atoms with E-state index in [4.69, 9.17) is 4.74 Å². The van der Waals surface area contributed by atoms with Crippen LogP contribution in [0.1, 0.15) is 0 Å². The molecule has 0 radical (unpaired) electrons. The molecule has 21 heavy (non-hydrogen) atoms. The first kappa shape index (κ1) is 14.5. The Labute approximate surface area is 124 Å². The number of rotatable bonds is 5. The van der Waals surface area contributed by atoms with Crippen molar-refractivity contribution in [1.82, 2.24) is 20.0 Å². The van der Waals surface area contributed by atoms with E-state index in [0.717, 1.165) is 19.6 Å². The highest BCUT2D eigenvalue weighted by Gasteiger charge is 2.53. The Kier molecular flexibility index (Phi) is 3.97. The lowest BCUT2D eigenvalue weighted by atomic mass is 9.80. The van der Waals surface area contributed by atoms with E-state index in [1.54, 1.807) is 0 Å². The number of hydrogen-bond donors (Lipinski definition) is 2. The number of aromatic nitrogens is 2. The van der Waals surface area contributed by atoms with E-state index in [9.17, 15) is 4.79 Å². The van der Waals surface area contributed by atoms with Gasteiger partial charge in [0.25, 0.3) is 0 Å². The Morgan fingerprint density at radius 3 is 3.33 bits per heavy atom. The molecule has 1 aromatic rings. The summed E-state index contributed by atoms with van der Waals surface area (Å²) < 4.78 is 7.36. The molecule has 3 heterocycles. The number of likely N-dealkylation sites (N-methyl/N-ethyl adjacent to an activating group) is 1. The van der Waals surface area contributed by atoms with Crippen LogP contribution in [0.2, 0.25) is 0 Å². The van der Waals surface area contributed by atoms with Crippen LogP contribution in [0.3, 0.4) is 0 Å². The molecule has 0 bridgehead atoms. The number of carbonyl (C=O) groups is 1. The van der Waals surface area contributed by atoms with Crippen molar-refractivity contribution >= 4 is 11.7 Å². The third-order valence-corrected chi connectivity index (χ3v) is 4.40. The summed E-state index contributed by atoms with van der Waals surface area (Å²) in [5.41, 5.74) is -0.423. The second-order valence-corrected chi connectivity index (χ2v) is 6.22. The van der Waals surface area contributed by atoms with Gasteiger partial charge in [-0.1, -0.05) is 0 Å². The SMILES string of the molecule is CN(C)CCn1ccc(NC(=O)[C@]23CNC[C@H]2COC3)n1. The van der Waals surface area contributed by atoms with Crippen LogP contribution in [0.5, 0.6) is 0 Å². The van der Waals surface area contributed by atoms with Crippen LogP contribution in [0.15, 0.2) is 12.3 Å². The molecule has 2 aliphatic heterocycles. The smallest absolute Gasteiger partial charge is 0.235 e. The van der Waals surface area contributed by atoms with Crippen molar-refractivity contribution in [2.45, 2.75) is 6.54 Å². The molecular formula is C14H23N5O2. The number of anilines is 1. The molecule has 1 amide bonds. The fourth-order valence-corrected chi connectivity index (χ4v) is 3.01. The summed E-state index contributed by atoms with van der Waals surface area (Å²) in [6.07, 6.45) is 1.90. The van der Waals surface area contributed by atoms with E-state index >= 15 is 0 Å². The highest BCUT2D eigenvalue weighted by Crippen LogP contribution is 2.38. The Morgan fingerprint density at radius 1 is 1.67 bits per heavy atom. The maximum absolute atomic E-state index is 12.6. The van der Waals surface area contributed by atoms with Crippen LogP contribution >= 0.6 is 0 Å². The number of carbonyl (C=O) groups excluding carboxylic acids is 1. The average Bonchev–Trinajstić information content (AvgIpc) is 3.10. The predicted octanol–water partition coefficient (Wildman–Crippen LogP) is -0.381. The summed E-state index contributed by atoms with van der Waals surface area (Å²) >= 11 is 0. The van der Waals surface area contributed by atoms with Crippen molar-refractivity contribution in [2.24, 2.45) is 11.3 Å². The Morgan fingerprint density at radius 2 is 2.52 bits per heavy atom. The summed E-state index contributed by atoms with van der Waals surface area (Å²) in [6.45, 7) is 4.42. The highest BCUT2D eigenvalue weighted by atomic mass is 16.5. The molecule has 2 fully saturated rings. The second-order valence-electron chi connectivity index (χ2n) is 6.22. The lowest BCUT2D eigenvalue weighted by molar-refractivity contribution is -0.125. The molecule has 7 heteroatoms. The van der Waals surface area contributed by atoms with Crippen LogP contribution in [0.25, 0.3) is 0 Å². The first-order valence-electron chi connectivity index (χ1n) is 7.38. The number of nitrogens with zero attached hydrogens (tertiary/aromatic N) is 3. The van der Waals surface area contributed by atoms with Crippen LogP contribution in [0.4, 0.5) is 5.82 Å². The summed E-state index contributed by atoms with van der Waals surface area (Å²) in [4.78, 5) is 14.7. The van der Waals surface area contributed by atoms with Crippen LogP contribution in [-0.4, -0.2) is 67.5 Å². The van der Waals surface area contributed by atoms with Gasteiger partial charge in [0.15, 0.2) is 5.82 Å². The lowest BCUT2D eigenvalue weighted by Crippen LogP contribution is -2.42. The van der Waals surface area contributed by atoms with Crippen LogP contribution in [0, 0.1) is 11.3 Å². The third-order valence-electron chi connectivity index (χ3n) is 4.40. The number of amides is 1. The van der Waals surface area contributed by atoms with Gasteiger partial charge in [-0.15, -0.1) is 0 Å². The van der Waals surface area contributed by atoms with Gasteiger partial charge in [0.1, 0.15) is 0 Å². The monoisotopic (exact) mass is 293 g/mol. The van der Waals surface area contributed by atoms with Gasteiger partial charge in [0, 0.05) is 37.8 Å². The zero-order chi connectivity index (χ0) is 14.9. The fourth-order valence-electron chi connectivity index (χ4n) is 3.01. The minimum atomic E-state index is -0.423. The van der Waals surface area contributed by atoms with Gasteiger partial charge in [-0.2, -0.15) is 5.10 Å². The minimum Gasteiger partial charge on any atom is -0.380 e.